The molecule has 1 fully saturated rings. The molecule has 2 unspecified atom stereocenters. The molecule has 0 saturated carbocycles. The number of nitrogen functional groups attached to an aromatic ring is 1. The Kier molecular flexibility index (Phi) is 8.15. The lowest BCUT2D eigenvalue weighted by Crippen LogP contribution is -2.42. The lowest BCUT2D eigenvalue weighted by molar-refractivity contribution is -0.0467. The van der Waals surface area contributed by atoms with Crippen LogP contribution in [0.3, 0.4) is 0 Å². The molecule has 39 heavy (non-hydrogen) atoms. The molecule has 2 aromatic rings. The van der Waals surface area contributed by atoms with Gasteiger partial charge in [0, 0.05) is 23.1 Å². The summed E-state index contributed by atoms with van der Waals surface area (Å²) in [5, 5.41) is 21.9. The van der Waals surface area contributed by atoms with Crippen LogP contribution < -0.4 is 15.4 Å². The van der Waals surface area contributed by atoms with Crippen molar-refractivity contribution in [1.82, 2.24) is 14.7 Å². The molecule has 1 aliphatic rings. The number of anilines is 2. The molecule has 1 amide bonds. The van der Waals surface area contributed by atoms with E-state index in [4.69, 9.17) is 10.7 Å². The fourth-order valence-corrected chi connectivity index (χ4v) is 6.07. The number of pyridine rings is 2. The van der Waals surface area contributed by atoms with Crippen molar-refractivity contribution in [3.8, 4) is 0 Å². The fourth-order valence-electron chi connectivity index (χ4n) is 5.13. The first-order valence-corrected chi connectivity index (χ1v) is 14.6. The van der Waals surface area contributed by atoms with Gasteiger partial charge in [0.2, 0.25) is 0 Å². The van der Waals surface area contributed by atoms with Crippen LogP contribution in [-0.2, 0) is 15.4 Å². The van der Waals surface area contributed by atoms with Crippen molar-refractivity contribution in [3.63, 3.8) is 0 Å². The Labute approximate surface area is 232 Å². The number of aliphatic hydroxyl groups is 2. The van der Waals surface area contributed by atoms with E-state index in [2.05, 4.69) is 30.5 Å². The average Bonchev–Trinajstić information content (AvgIpc) is 3.07. The number of carbonyl (C=O) groups is 1. The second kappa shape index (κ2) is 10.3. The van der Waals surface area contributed by atoms with Crippen molar-refractivity contribution in [3.05, 3.63) is 41.1 Å². The monoisotopic (exact) mass is 561 g/mol. The van der Waals surface area contributed by atoms with Gasteiger partial charge in [-0.25, -0.2) is 14.7 Å². The van der Waals surface area contributed by atoms with E-state index in [0.29, 0.717) is 24.0 Å². The van der Waals surface area contributed by atoms with Crippen LogP contribution in [0.1, 0.15) is 96.5 Å². The maximum Gasteiger partial charge on any atom is 0.281 e. The van der Waals surface area contributed by atoms with Gasteiger partial charge in [0.05, 0.1) is 17.4 Å². The number of nitrogens with two attached hydrogens (primary N) is 1. The molecule has 3 rings (SSSR count). The number of aliphatic hydroxyl groups excluding tert-OH is 2. The Morgan fingerprint density at radius 3 is 2.26 bits per heavy atom. The largest absolute Gasteiger partial charge is 0.390 e. The zero-order valence-electron chi connectivity index (χ0n) is 24.4. The molecule has 0 radical (unpaired) electrons. The molecule has 3 heterocycles. The average molecular weight is 562 g/mol. The van der Waals surface area contributed by atoms with E-state index < -0.39 is 44.0 Å². The molecule has 0 aromatic carbocycles. The predicted molar refractivity (Wildman–Crippen MR) is 152 cm³/mol. The number of nitrogens with one attached hydrogen (secondary N) is 1. The van der Waals surface area contributed by atoms with Gasteiger partial charge < -0.3 is 20.8 Å². The van der Waals surface area contributed by atoms with Gasteiger partial charge in [-0.2, -0.15) is 8.42 Å². The number of sulfonamides is 1. The van der Waals surface area contributed by atoms with Crippen LogP contribution in [0.15, 0.2) is 29.3 Å². The summed E-state index contributed by atoms with van der Waals surface area (Å²) in [6, 6.07) is 5.59. The summed E-state index contributed by atoms with van der Waals surface area (Å²) in [5.74, 6) is -0.291. The minimum absolute atomic E-state index is 0.00316. The summed E-state index contributed by atoms with van der Waals surface area (Å²) in [4.78, 5) is 24.5. The quantitative estimate of drug-likeness (QED) is 0.414. The van der Waals surface area contributed by atoms with Gasteiger partial charge in [0.15, 0.2) is 5.03 Å². The minimum atomic E-state index is -4.37. The summed E-state index contributed by atoms with van der Waals surface area (Å²) >= 11 is 0. The number of hydrogen-bond donors (Lipinski definition) is 4. The molecular weight excluding hydrogens is 518 g/mol. The highest BCUT2D eigenvalue weighted by Crippen LogP contribution is 2.42. The maximum absolute atomic E-state index is 13.7. The first kappa shape index (κ1) is 30.8. The van der Waals surface area contributed by atoms with Crippen LogP contribution in [0, 0.1) is 11.3 Å². The highest BCUT2D eigenvalue weighted by atomic mass is 32.2. The Hall–Kier alpha value is -2.76. The normalized spacial score (nSPS) is 19.6. The molecule has 5 N–H and O–H groups in total. The summed E-state index contributed by atoms with van der Waals surface area (Å²) in [5.41, 5.74) is 4.82. The van der Waals surface area contributed by atoms with Crippen molar-refractivity contribution in [2.24, 2.45) is 11.3 Å². The summed E-state index contributed by atoms with van der Waals surface area (Å²) in [6.07, 6.45) is -1.70. The van der Waals surface area contributed by atoms with Gasteiger partial charge in [-0.3, -0.25) is 4.79 Å². The molecule has 1 aliphatic heterocycles. The standard InChI is InChI=1S/C28H43N5O5S/c1-16-14-28(8,9)33(15-16)24-18(25(36)32-39(37,38)20-12-10-11-19(29)30-20)13-17(22(31-24)26(2,3)4)21(34)23(35)27(5,6)7/h10-13,16,21,23,34-35H,14-15H2,1-9H3,(H2,29,30)(H,32,36)/t16-,21?,23?/m0/s1. The number of carbonyl (C=O) groups excluding carboxylic acids is 1. The van der Waals surface area contributed by atoms with E-state index in [0.717, 1.165) is 6.42 Å². The lowest BCUT2D eigenvalue weighted by Gasteiger charge is -2.37. The fraction of sp³-hybridized carbons (Fsp3) is 0.607. The molecule has 0 aliphatic carbocycles. The van der Waals surface area contributed by atoms with Gasteiger partial charge >= 0.3 is 0 Å². The van der Waals surface area contributed by atoms with Crippen LogP contribution in [-0.4, -0.2) is 52.7 Å². The predicted octanol–water partition coefficient (Wildman–Crippen LogP) is 3.54. The van der Waals surface area contributed by atoms with Crippen molar-refractivity contribution in [2.75, 3.05) is 17.2 Å². The van der Waals surface area contributed by atoms with E-state index in [9.17, 15) is 23.4 Å². The first-order valence-electron chi connectivity index (χ1n) is 13.1. The van der Waals surface area contributed by atoms with Crippen LogP contribution in [0.4, 0.5) is 11.6 Å². The van der Waals surface area contributed by atoms with Gasteiger partial charge in [0.25, 0.3) is 15.9 Å². The van der Waals surface area contributed by atoms with E-state index >= 15 is 0 Å². The lowest BCUT2D eigenvalue weighted by atomic mass is 9.79. The van der Waals surface area contributed by atoms with Crippen LogP contribution in [0.25, 0.3) is 0 Å². The highest BCUT2D eigenvalue weighted by molar-refractivity contribution is 7.90. The Balaban J connectivity index is 2.26. The Bertz CT molecular complexity index is 1350. The molecule has 2 aromatic heterocycles. The van der Waals surface area contributed by atoms with Gasteiger partial charge in [-0.15, -0.1) is 0 Å². The SMILES string of the molecule is C[C@@H]1CN(c2nc(C(C)(C)C)c(C(O)C(O)C(C)(C)C)cc2C(=O)NS(=O)(=O)c2cccc(N)n2)C(C)(C)C1. The van der Waals surface area contributed by atoms with Crippen molar-refractivity contribution < 1.29 is 23.4 Å². The number of aromatic nitrogens is 2. The molecule has 10 nitrogen and oxygen atoms in total. The molecular formula is C28H43N5O5S. The second-order valence-electron chi connectivity index (χ2n) is 13.4. The van der Waals surface area contributed by atoms with Gasteiger partial charge in [0.1, 0.15) is 17.7 Å². The van der Waals surface area contributed by atoms with Crippen LogP contribution in [0.2, 0.25) is 0 Å². The third kappa shape index (κ3) is 6.53. The molecule has 3 atom stereocenters. The summed E-state index contributed by atoms with van der Waals surface area (Å²) in [6.45, 7) is 18.0. The first-order chi connectivity index (χ1) is 17.6. The molecule has 11 heteroatoms. The highest BCUT2D eigenvalue weighted by Gasteiger charge is 2.42. The Morgan fingerprint density at radius 1 is 1.15 bits per heavy atom. The van der Waals surface area contributed by atoms with E-state index in [1.54, 1.807) is 20.8 Å². The van der Waals surface area contributed by atoms with Crippen LogP contribution in [0.5, 0.6) is 0 Å². The maximum atomic E-state index is 13.7. The third-order valence-electron chi connectivity index (χ3n) is 7.07. The van der Waals surface area contributed by atoms with Gasteiger partial charge in [-0.1, -0.05) is 54.5 Å². The number of hydrogen-bond acceptors (Lipinski definition) is 9. The second-order valence-corrected chi connectivity index (χ2v) is 15.0. The summed E-state index contributed by atoms with van der Waals surface area (Å²) in [7, 11) is -4.37. The van der Waals surface area contributed by atoms with Gasteiger partial charge in [-0.05, 0) is 49.8 Å². The molecule has 0 bridgehead atoms. The van der Waals surface area contributed by atoms with Crippen LogP contribution >= 0.6 is 0 Å². The number of amides is 1. The van der Waals surface area contributed by atoms with Crippen molar-refractivity contribution >= 4 is 27.6 Å². The summed E-state index contributed by atoms with van der Waals surface area (Å²) < 4.78 is 28.3. The third-order valence-corrected chi connectivity index (χ3v) is 8.30. The van der Waals surface area contributed by atoms with Crippen molar-refractivity contribution in [1.29, 1.82) is 0 Å². The van der Waals surface area contributed by atoms with E-state index in [1.807, 2.05) is 25.7 Å². The molecule has 1 saturated heterocycles. The number of nitrogens with zero attached hydrogens (tertiary/aromatic N) is 3. The van der Waals surface area contributed by atoms with E-state index in [1.165, 1.54) is 24.3 Å². The smallest absolute Gasteiger partial charge is 0.281 e. The van der Waals surface area contributed by atoms with E-state index in [-0.39, 0.29) is 22.5 Å². The zero-order valence-corrected chi connectivity index (χ0v) is 25.2. The number of rotatable bonds is 6. The van der Waals surface area contributed by atoms with Crippen molar-refractivity contribution in [2.45, 2.75) is 96.9 Å². The Morgan fingerprint density at radius 2 is 1.77 bits per heavy atom. The topological polar surface area (TPSA) is 159 Å². The molecule has 0 spiro atoms. The zero-order chi connectivity index (χ0) is 29.7. The molecule has 216 valence electrons. The minimum Gasteiger partial charge on any atom is -0.390 e.